The van der Waals surface area contributed by atoms with Gasteiger partial charge in [0.25, 0.3) is 0 Å². The maximum atomic E-state index is 6.11. The molecule has 0 saturated carbocycles. The minimum atomic E-state index is 0.584. The maximum Gasteiger partial charge on any atom is 0.227 e. The summed E-state index contributed by atoms with van der Waals surface area (Å²) in [5.74, 6) is 2.20. The van der Waals surface area contributed by atoms with Crippen LogP contribution in [0.25, 0.3) is 22.6 Å². The van der Waals surface area contributed by atoms with Gasteiger partial charge in [-0.1, -0.05) is 48.5 Å². The molecule has 0 bridgehead atoms. The van der Waals surface area contributed by atoms with Crippen molar-refractivity contribution in [3.05, 3.63) is 113 Å². The molecule has 53 heavy (non-hydrogen) atoms. The van der Waals surface area contributed by atoms with Gasteiger partial charge in [0.2, 0.25) is 5.89 Å². The Balaban J connectivity index is 0.763. The van der Waals surface area contributed by atoms with E-state index < -0.39 is 0 Å². The minimum absolute atomic E-state index is 0.584. The first kappa shape index (κ1) is 37.0. The number of hydrogen-bond donors (Lipinski definition) is 2. The molecule has 3 heterocycles. The van der Waals surface area contributed by atoms with Crippen molar-refractivity contribution in [1.29, 1.82) is 0 Å². The number of nitrogens with one attached hydrogen (secondary N) is 2. The highest BCUT2D eigenvalue weighted by atomic mass is 16.5. The average molecular weight is 720 g/mol. The maximum absolute atomic E-state index is 6.11. The lowest BCUT2D eigenvalue weighted by atomic mass is 10.1. The van der Waals surface area contributed by atoms with Gasteiger partial charge in [-0.3, -0.25) is 9.80 Å². The monoisotopic (exact) mass is 719 g/mol. The van der Waals surface area contributed by atoms with E-state index >= 15 is 0 Å². The number of aromatic nitrogens is 1. The zero-order valence-corrected chi connectivity index (χ0v) is 30.8. The van der Waals surface area contributed by atoms with Crippen molar-refractivity contribution in [2.45, 2.75) is 39.0 Å². The highest BCUT2D eigenvalue weighted by Crippen LogP contribution is 2.28. The molecule has 0 amide bonds. The predicted molar refractivity (Wildman–Crippen MR) is 208 cm³/mol. The van der Waals surface area contributed by atoms with E-state index in [9.17, 15) is 0 Å². The van der Waals surface area contributed by atoms with Crippen LogP contribution in [0.3, 0.4) is 0 Å². The molecule has 2 fully saturated rings. The average Bonchev–Trinajstić information content (AvgIpc) is 3.63. The quantitative estimate of drug-likeness (QED) is 0.0952. The van der Waals surface area contributed by atoms with Gasteiger partial charge in [0.05, 0.1) is 39.6 Å². The molecule has 2 N–H and O–H groups in total. The van der Waals surface area contributed by atoms with Gasteiger partial charge in [-0.2, -0.15) is 0 Å². The van der Waals surface area contributed by atoms with E-state index in [-0.39, 0.29) is 0 Å². The number of oxazole rings is 1. The Kier molecular flexibility index (Phi) is 13.8. The molecule has 4 aromatic carbocycles. The van der Waals surface area contributed by atoms with E-state index in [1.54, 1.807) is 0 Å². The van der Waals surface area contributed by atoms with Crippen LogP contribution in [0.15, 0.2) is 95.4 Å². The zero-order chi connectivity index (χ0) is 35.9. The second kappa shape index (κ2) is 19.7. The van der Waals surface area contributed by atoms with Gasteiger partial charge in [-0.15, -0.1) is 0 Å². The number of nitrogens with zero attached hydrogens (tertiary/aromatic N) is 3. The van der Waals surface area contributed by atoms with Gasteiger partial charge in [0.1, 0.15) is 17.0 Å². The molecule has 280 valence electrons. The number of morpholine rings is 2. The van der Waals surface area contributed by atoms with Crippen molar-refractivity contribution in [3.63, 3.8) is 0 Å². The largest absolute Gasteiger partial charge is 0.494 e. The molecule has 10 nitrogen and oxygen atoms in total. The minimum Gasteiger partial charge on any atom is -0.494 e. The first-order valence-corrected chi connectivity index (χ1v) is 19.2. The molecule has 0 atom stereocenters. The summed E-state index contributed by atoms with van der Waals surface area (Å²) < 4.78 is 29.0. The molecule has 2 aliphatic heterocycles. The Morgan fingerprint density at radius 1 is 0.566 bits per heavy atom. The highest BCUT2D eigenvalue weighted by molar-refractivity contribution is 5.77. The van der Waals surface area contributed by atoms with Crippen LogP contribution in [0.4, 0.5) is 0 Å². The van der Waals surface area contributed by atoms with Crippen LogP contribution in [-0.2, 0) is 35.7 Å². The van der Waals surface area contributed by atoms with E-state index in [0.29, 0.717) is 24.7 Å². The Hall–Kier alpha value is -4.29. The number of benzene rings is 4. The molecular formula is C43H53N5O5. The van der Waals surface area contributed by atoms with Crippen LogP contribution in [0.1, 0.15) is 35.1 Å². The van der Waals surface area contributed by atoms with Crippen LogP contribution in [-0.4, -0.2) is 93.7 Å². The molecule has 5 aromatic rings. The van der Waals surface area contributed by atoms with Crippen molar-refractivity contribution >= 4 is 11.1 Å². The van der Waals surface area contributed by atoms with E-state index in [0.717, 1.165) is 127 Å². The molecule has 0 aliphatic carbocycles. The SMILES string of the molecule is c1cc(CN2CCOCC2)ccc1CNCCCOc1ccc(-c2nc3ccc(OCCCNCc4ccc(CN5CCOCC5)cc4)cc3o2)cc1. The fourth-order valence-corrected chi connectivity index (χ4v) is 6.61. The summed E-state index contributed by atoms with van der Waals surface area (Å²) in [6, 6.07) is 31.6. The molecule has 7 rings (SSSR count). The van der Waals surface area contributed by atoms with Gasteiger partial charge in [-0.25, -0.2) is 4.98 Å². The van der Waals surface area contributed by atoms with Gasteiger partial charge in [-0.05, 0) is 84.6 Å². The smallest absolute Gasteiger partial charge is 0.227 e. The number of fused-ring (bicyclic) bond motifs is 1. The normalized spacial score (nSPS) is 15.5. The van der Waals surface area contributed by atoms with Crippen molar-refractivity contribution in [2.24, 2.45) is 0 Å². The third-order valence-corrected chi connectivity index (χ3v) is 9.72. The van der Waals surface area contributed by atoms with Crippen molar-refractivity contribution in [3.8, 4) is 23.0 Å². The van der Waals surface area contributed by atoms with Gasteiger partial charge >= 0.3 is 0 Å². The topological polar surface area (TPSA) is 93.5 Å². The molecule has 0 spiro atoms. The number of ether oxygens (including phenoxy) is 4. The number of rotatable bonds is 19. The molecule has 2 saturated heterocycles. The molecular weight excluding hydrogens is 667 g/mol. The Bertz CT molecular complexity index is 1800. The summed E-state index contributed by atoms with van der Waals surface area (Å²) in [6.45, 7) is 14.1. The van der Waals surface area contributed by atoms with Crippen molar-refractivity contribution in [1.82, 2.24) is 25.4 Å². The van der Waals surface area contributed by atoms with Gasteiger partial charge < -0.3 is 34.0 Å². The molecule has 0 radical (unpaired) electrons. The summed E-state index contributed by atoms with van der Waals surface area (Å²) in [7, 11) is 0. The van der Waals surface area contributed by atoms with Crippen LogP contribution >= 0.6 is 0 Å². The lowest BCUT2D eigenvalue weighted by Crippen LogP contribution is -2.35. The first-order valence-electron chi connectivity index (χ1n) is 19.2. The van der Waals surface area contributed by atoms with E-state index in [4.69, 9.17) is 28.3 Å². The lowest BCUT2D eigenvalue weighted by Gasteiger charge is -2.26. The van der Waals surface area contributed by atoms with E-state index in [1.807, 2.05) is 42.5 Å². The van der Waals surface area contributed by atoms with Crippen molar-refractivity contribution < 1.29 is 23.4 Å². The van der Waals surface area contributed by atoms with Crippen molar-refractivity contribution in [2.75, 3.05) is 78.9 Å². The fraction of sp³-hybridized carbons (Fsp3) is 0.419. The third kappa shape index (κ3) is 11.6. The predicted octanol–water partition coefficient (Wildman–Crippen LogP) is 6.28. The number of hydrogen-bond acceptors (Lipinski definition) is 10. The Morgan fingerprint density at radius 2 is 1.06 bits per heavy atom. The standard InChI is InChI=1S/C43H53N5O5/c1(17-44-30-34-3-7-36(8-4-34)32-47-19-25-49-26-20-47)23-51-39-13-11-38(12-14-39)43-46-41-16-15-40(29-42(41)53-43)52-24-2-18-45-31-35-5-9-37(10-6-35)33-48-21-27-50-28-22-48/h3-16,29,44-45H,1-2,17-28,30-33H2. The van der Waals surface area contributed by atoms with Crippen LogP contribution < -0.4 is 20.1 Å². The molecule has 10 heteroatoms. The highest BCUT2D eigenvalue weighted by Gasteiger charge is 2.13. The molecule has 1 aromatic heterocycles. The van der Waals surface area contributed by atoms with Gasteiger partial charge in [0, 0.05) is 64.0 Å². The summed E-state index contributed by atoms with van der Waals surface area (Å²) in [6.07, 6.45) is 1.83. The third-order valence-electron chi connectivity index (χ3n) is 9.72. The summed E-state index contributed by atoms with van der Waals surface area (Å²) in [5, 5.41) is 7.06. The molecule has 2 aliphatic rings. The van der Waals surface area contributed by atoms with E-state index in [1.165, 1.54) is 22.3 Å². The molecule has 0 unspecified atom stereocenters. The summed E-state index contributed by atoms with van der Waals surface area (Å²) >= 11 is 0. The zero-order valence-electron chi connectivity index (χ0n) is 30.8. The second-order valence-corrected chi connectivity index (χ2v) is 13.8. The van der Waals surface area contributed by atoms with Crippen LogP contribution in [0.5, 0.6) is 11.5 Å². The first-order chi connectivity index (χ1) is 26.2. The van der Waals surface area contributed by atoms with Crippen LogP contribution in [0.2, 0.25) is 0 Å². The second-order valence-electron chi connectivity index (χ2n) is 13.8. The lowest BCUT2D eigenvalue weighted by molar-refractivity contribution is 0.0341. The fourth-order valence-electron chi connectivity index (χ4n) is 6.61. The Labute approximate surface area is 313 Å². The summed E-state index contributed by atoms with van der Waals surface area (Å²) in [4.78, 5) is 9.59. The van der Waals surface area contributed by atoms with E-state index in [2.05, 4.69) is 69.0 Å². The van der Waals surface area contributed by atoms with Crippen LogP contribution in [0, 0.1) is 0 Å². The Morgan fingerprint density at radius 3 is 1.60 bits per heavy atom. The van der Waals surface area contributed by atoms with Gasteiger partial charge in [0.15, 0.2) is 5.58 Å². The summed E-state index contributed by atoms with van der Waals surface area (Å²) in [5.41, 5.74) is 7.73.